The van der Waals surface area contributed by atoms with Gasteiger partial charge in [-0.25, -0.2) is 0 Å². The molecule has 0 heterocycles. The third-order valence-corrected chi connectivity index (χ3v) is 4.74. The first-order valence-electron chi connectivity index (χ1n) is 8.06. The predicted octanol–water partition coefficient (Wildman–Crippen LogP) is 3.54. The number of esters is 1. The fourth-order valence-corrected chi connectivity index (χ4v) is 2.84. The highest BCUT2D eigenvalue weighted by atomic mass is 16.5. The lowest BCUT2D eigenvalue weighted by Gasteiger charge is -2.41. The molecule has 21 heavy (non-hydrogen) atoms. The van der Waals surface area contributed by atoms with Crippen molar-refractivity contribution in [2.45, 2.75) is 46.1 Å². The van der Waals surface area contributed by atoms with Crippen molar-refractivity contribution in [1.82, 2.24) is 5.32 Å². The molecule has 1 aliphatic carbocycles. The summed E-state index contributed by atoms with van der Waals surface area (Å²) >= 11 is 0. The number of rotatable bonds is 8. The van der Waals surface area contributed by atoms with Gasteiger partial charge in [0.2, 0.25) is 0 Å². The van der Waals surface area contributed by atoms with Crippen LogP contribution in [0.25, 0.3) is 0 Å². The molecule has 0 spiro atoms. The number of ether oxygens (including phenoxy) is 1. The lowest BCUT2D eigenvalue weighted by molar-refractivity contribution is -0.149. The standard InChI is InChI=1S/C18H27NO2/c1-3-18(10-7-11-18)14-19-12-15(2)17(20)21-13-16-8-5-4-6-9-16/h4-6,8-9,15,19H,3,7,10-14H2,1-2H3. The molecule has 3 nitrogen and oxygen atoms in total. The van der Waals surface area contributed by atoms with E-state index in [1.165, 1.54) is 25.7 Å². The summed E-state index contributed by atoms with van der Waals surface area (Å²) in [5.41, 5.74) is 1.53. The van der Waals surface area contributed by atoms with Crippen molar-refractivity contribution >= 4 is 5.97 Å². The van der Waals surface area contributed by atoms with Crippen LogP contribution in [0, 0.1) is 11.3 Å². The second-order valence-electron chi connectivity index (χ2n) is 6.33. The van der Waals surface area contributed by atoms with Crippen molar-refractivity contribution < 1.29 is 9.53 Å². The monoisotopic (exact) mass is 289 g/mol. The van der Waals surface area contributed by atoms with Crippen molar-refractivity contribution in [3.63, 3.8) is 0 Å². The van der Waals surface area contributed by atoms with E-state index in [1.54, 1.807) is 0 Å². The minimum absolute atomic E-state index is 0.0947. The van der Waals surface area contributed by atoms with Crippen LogP contribution in [0.5, 0.6) is 0 Å². The predicted molar refractivity (Wildman–Crippen MR) is 84.8 cm³/mol. The number of carbonyl (C=O) groups is 1. The largest absolute Gasteiger partial charge is 0.461 e. The van der Waals surface area contributed by atoms with E-state index >= 15 is 0 Å². The summed E-state index contributed by atoms with van der Waals surface area (Å²) in [6, 6.07) is 9.81. The highest BCUT2D eigenvalue weighted by Gasteiger charge is 2.34. The molecule has 1 N–H and O–H groups in total. The van der Waals surface area contributed by atoms with Gasteiger partial charge in [-0.15, -0.1) is 0 Å². The third-order valence-electron chi connectivity index (χ3n) is 4.74. The molecule has 1 saturated carbocycles. The molecule has 0 amide bonds. The van der Waals surface area contributed by atoms with E-state index in [0.717, 1.165) is 12.1 Å². The Morgan fingerprint density at radius 2 is 2.05 bits per heavy atom. The summed E-state index contributed by atoms with van der Waals surface area (Å²) in [6.45, 7) is 6.29. The van der Waals surface area contributed by atoms with Crippen molar-refractivity contribution in [3.8, 4) is 0 Å². The highest BCUT2D eigenvalue weighted by molar-refractivity contribution is 5.72. The normalized spacial score (nSPS) is 17.8. The molecule has 1 aromatic rings. The molecular formula is C18H27NO2. The van der Waals surface area contributed by atoms with Gasteiger partial charge < -0.3 is 10.1 Å². The lowest BCUT2D eigenvalue weighted by atomic mass is 9.67. The lowest BCUT2D eigenvalue weighted by Crippen LogP contribution is -2.41. The van der Waals surface area contributed by atoms with Crippen molar-refractivity contribution in [1.29, 1.82) is 0 Å². The fraction of sp³-hybridized carbons (Fsp3) is 0.611. The molecule has 0 bridgehead atoms. The summed E-state index contributed by atoms with van der Waals surface area (Å²) in [4.78, 5) is 12.0. The molecule has 2 rings (SSSR count). The summed E-state index contributed by atoms with van der Waals surface area (Å²) in [7, 11) is 0. The maximum Gasteiger partial charge on any atom is 0.310 e. The SMILES string of the molecule is CCC1(CNCC(C)C(=O)OCc2ccccc2)CCC1. The Morgan fingerprint density at radius 1 is 1.33 bits per heavy atom. The van der Waals surface area contributed by atoms with Crippen LogP contribution in [0.3, 0.4) is 0 Å². The molecule has 0 aliphatic heterocycles. The average Bonchev–Trinajstić information content (AvgIpc) is 2.48. The molecule has 116 valence electrons. The average molecular weight is 289 g/mol. The van der Waals surface area contributed by atoms with Crippen LogP contribution in [0.1, 0.15) is 45.1 Å². The van der Waals surface area contributed by atoms with Gasteiger partial charge in [-0.1, -0.05) is 50.6 Å². The van der Waals surface area contributed by atoms with Crippen molar-refractivity contribution in [2.75, 3.05) is 13.1 Å². The van der Waals surface area contributed by atoms with Gasteiger partial charge in [0, 0.05) is 13.1 Å². The van der Waals surface area contributed by atoms with Gasteiger partial charge in [-0.2, -0.15) is 0 Å². The number of benzene rings is 1. The van der Waals surface area contributed by atoms with Gasteiger partial charge in [0.05, 0.1) is 5.92 Å². The van der Waals surface area contributed by atoms with Crippen LogP contribution < -0.4 is 5.32 Å². The van der Waals surface area contributed by atoms with Crippen LogP contribution in [0.15, 0.2) is 30.3 Å². The van der Waals surface area contributed by atoms with Crippen LogP contribution in [-0.2, 0) is 16.1 Å². The van der Waals surface area contributed by atoms with E-state index in [4.69, 9.17) is 4.74 Å². The first-order chi connectivity index (χ1) is 10.2. The summed E-state index contributed by atoms with van der Waals surface area (Å²) < 4.78 is 5.36. The summed E-state index contributed by atoms with van der Waals surface area (Å²) in [6.07, 6.45) is 5.23. The second kappa shape index (κ2) is 7.60. The molecule has 1 unspecified atom stereocenters. The smallest absolute Gasteiger partial charge is 0.310 e. The van der Waals surface area contributed by atoms with Crippen molar-refractivity contribution in [3.05, 3.63) is 35.9 Å². The maximum absolute atomic E-state index is 12.0. The van der Waals surface area contributed by atoms with E-state index in [-0.39, 0.29) is 11.9 Å². The Labute approximate surface area is 128 Å². The van der Waals surface area contributed by atoms with Gasteiger partial charge in [-0.3, -0.25) is 4.79 Å². The zero-order valence-electron chi connectivity index (χ0n) is 13.2. The van der Waals surface area contributed by atoms with E-state index in [1.807, 2.05) is 37.3 Å². The number of nitrogens with one attached hydrogen (secondary N) is 1. The Balaban J connectivity index is 1.65. The molecule has 1 fully saturated rings. The molecule has 0 radical (unpaired) electrons. The van der Waals surface area contributed by atoms with Gasteiger partial charge in [0.1, 0.15) is 6.61 Å². The molecule has 1 aromatic carbocycles. The number of hydrogen-bond acceptors (Lipinski definition) is 3. The molecular weight excluding hydrogens is 262 g/mol. The quantitative estimate of drug-likeness (QED) is 0.744. The van der Waals surface area contributed by atoms with Crippen LogP contribution >= 0.6 is 0 Å². The minimum atomic E-state index is -0.120. The van der Waals surface area contributed by atoms with Gasteiger partial charge in [-0.05, 0) is 30.2 Å². The minimum Gasteiger partial charge on any atom is -0.461 e. The Hall–Kier alpha value is -1.35. The molecule has 1 aliphatic rings. The molecule has 1 atom stereocenters. The zero-order chi connectivity index (χ0) is 15.1. The third kappa shape index (κ3) is 4.57. The number of carbonyl (C=O) groups excluding carboxylic acids is 1. The van der Waals surface area contributed by atoms with Gasteiger partial charge >= 0.3 is 5.97 Å². The van der Waals surface area contributed by atoms with E-state index in [2.05, 4.69) is 12.2 Å². The van der Waals surface area contributed by atoms with Crippen molar-refractivity contribution in [2.24, 2.45) is 11.3 Å². The highest BCUT2D eigenvalue weighted by Crippen LogP contribution is 2.42. The van der Waals surface area contributed by atoms with E-state index in [9.17, 15) is 4.79 Å². The molecule has 0 aromatic heterocycles. The van der Waals surface area contributed by atoms with Gasteiger partial charge in [0.15, 0.2) is 0 Å². The molecule has 3 heteroatoms. The zero-order valence-corrected chi connectivity index (χ0v) is 13.2. The fourth-order valence-electron chi connectivity index (χ4n) is 2.84. The van der Waals surface area contributed by atoms with Crippen LogP contribution in [0.2, 0.25) is 0 Å². The Morgan fingerprint density at radius 3 is 2.62 bits per heavy atom. The topological polar surface area (TPSA) is 38.3 Å². The van der Waals surface area contributed by atoms with E-state index < -0.39 is 0 Å². The first kappa shape index (κ1) is 16.0. The van der Waals surface area contributed by atoms with Crippen LogP contribution in [0.4, 0.5) is 0 Å². The second-order valence-corrected chi connectivity index (χ2v) is 6.33. The summed E-state index contributed by atoms with van der Waals surface area (Å²) in [5.74, 6) is -0.215. The van der Waals surface area contributed by atoms with Crippen LogP contribution in [-0.4, -0.2) is 19.1 Å². The Kier molecular flexibility index (Phi) is 5.80. The van der Waals surface area contributed by atoms with E-state index in [0.29, 0.717) is 18.6 Å². The number of hydrogen-bond donors (Lipinski definition) is 1. The van der Waals surface area contributed by atoms with Gasteiger partial charge in [0.25, 0.3) is 0 Å². The molecule has 0 saturated heterocycles. The Bertz CT molecular complexity index is 434. The first-order valence-corrected chi connectivity index (χ1v) is 8.06. The summed E-state index contributed by atoms with van der Waals surface area (Å²) in [5, 5.41) is 3.46. The maximum atomic E-state index is 12.0.